The van der Waals surface area contributed by atoms with Gasteiger partial charge in [-0.15, -0.1) is 0 Å². The minimum Gasteiger partial charge on any atom is -0.482 e. The Kier molecular flexibility index (Phi) is 7.35. The second-order valence-corrected chi connectivity index (χ2v) is 8.09. The van der Waals surface area contributed by atoms with Crippen LogP contribution in [0.1, 0.15) is 13.8 Å². The van der Waals surface area contributed by atoms with Crippen LogP contribution in [-0.2, 0) is 14.8 Å². The summed E-state index contributed by atoms with van der Waals surface area (Å²) in [5.41, 5.74) is 0.266. The van der Waals surface area contributed by atoms with Crippen LogP contribution in [0.4, 0.5) is 5.69 Å². The molecular weight excluding hydrogens is 411 g/mol. The Morgan fingerprint density at radius 1 is 1.11 bits per heavy atom. The number of hydrogen-bond donors (Lipinski definition) is 1. The van der Waals surface area contributed by atoms with Crippen molar-refractivity contribution in [3.05, 3.63) is 52.5 Å². The number of sulfonamides is 1. The van der Waals surface area contributed by atoms with Crippen molar-refractivity contribution in [2.24, 2.45) is 0 Å². The Labute approximate surface area is 169 Å². The highest BCUT2D eigenvalue weighted by atomic mass is 35.5. The Balaban J connectivity index is 2.09. The fourth-order valence-electron chi connectivity index (χ4n) is 2.34. The second kappa shape index (κ2) is 9.30. The van der Waals surface area contributed by atoms with Crippen LogP contribution < -0.4 is 9.46 Å². The minimum absolute atomic E-state index is 0.0382. The third-order valence-electron chi connectivity index (χ3n) is 3.76. The van der Waals surface area contributed by atoms with E-state index in [-0.39, 0.29) is 28.1 Å². The van der Waals surface area contributed by atoms with Crippen molar-refractivity contribution in [2.45, 2.75) is 18.7 Å². The maximum Gasteiger partial charge on any atom is 0.261 e. The van der Waals surface area contributed by atoms with Gasteiger partial charge in [0.25, 0.3) is 15.9 Å². The molecule has 0 aliphatic rings. The number of benzene rings is 2. The van der Waals surface area contributed by atoms with Gasteiger partial charge in [0, 0.05) is 18.1 Å². The highest BCUT2D eigenvalue weighted by molar-refractivity contribution is 7.92. The lowest BCUT2D eigenvalue weighted by Gasteiger charge is -2.19. The fourth-order valence-corrected chi connectivity index (χ4v) is 3.92. The molecule has 0 unspecified atom stereocenters. The van der Waals surface area contributed by atoms with Gasteiger partial charge in [0.05, 0.1) is 15.6 Å². The lowest BCUT2D eigenvalue weighted by atomic mass is 10.3. The first-order chi connectivity index (χ1) is 12.8. The molecule has 2 aromatic carbocycles. The number of amides is 1. The van der Waals surface area contributed by atoms with Crippen LogP contribution in [0.15, 0.2) is 47.4 Å². The van der Waals surface area contributed by atoms with Gasteiger partial charge in [0.2, 0.25) is 0 Å². The van der Waals surface area contributed by atoms with Crippen molar-refractivity contribution in [3.63, 3.8) is 0 Å². The van der Waals surface area contributed by atoms with Crippen LogP contribution in [0, 0.1) is 0 Å². The molecule has 0 fully saturated rings. The Morgan fingerprint density at radius 3 is 2.41 bits per heavy atom. The van der Waals surface area contributed by atoms with Crippen molar-refractivity contribution >= 4 is 44.8 Å². The van der Waals surface area contributed by atoms with Crippen molar-refractivity contribution in [1.82, 2.24) is 4.90 Å². The Hall–Kier alpha value is -1.96. The topological polar surface area (TPSA) is 75.7 Å². The normalized spacial score (nSPS) is 11.1. The average molecular weight is 431 g/mol. The van der Waals surface area contributed by atoms with Gasteiger partial charge in [0.15, 0.2) is 6.61 Å². The van der Waals surface area contributed by atoms with E-state index in [9.17, 15) is 13.2 Å². The van der Waals surface area contributed by atoms with E-state index >= 15 is 0 Å². The van der Waals surface area contributed by atoms with Crippen LogP contribution in [0.2, 0.25) is 10.0 Å². The number of carbonyl (C=O) groups is 1. The number of anilines is 1. The van der Waals surface area contributed by atoms with Crippen molar-refractivity contribution in [2.75, 3.05) is 24.4 Å². The summed E-state index contributed by atoms with van der Waals surface area (Å²) >= 11 is 12.0. The zero-order chi connectivity index (χ0) is 20.0. The molecule has 1 amide bonds. The van der Waals surface area contributed by atoms with E-state index in [0.29, 0.717) is 23.9 Å². The summed E-state index contributed by atoms with van der Waals surface area (Å²) < 4.78 is 32.7. The van der Waals surface area contributed by atoms with E-state index in [1.54, 1.807) is 17.0 Å². The van der Waals surface area contributed by atoms with Crippen molar-refractivity contribution < 1.29 is 17.9 Å². The van der Waals surface area contributed by atoms with Crippen molar-refractivity contribution in [1.29, 1.82) is 0 Å². The number of nitrogens with one attached hydrogen (secondary N) is 1. The Bertz CT molecular complexity index is 915. The highest BCUT2D eigenvalue weighted by Gasteiger charge is 2.16. The highest BCUT2D eigenvalue weighted by Crippen LogP contribution is 2.29. The molecule has 9 heteroatoms. The van der Waals surface area contributed by atoms with E-state index in [0.717, 1.165) is 0 Å². The summed E-state index contributed by atoms with van der Waals surface area (Å²) in [5.74, 6) is 0.143. The van der Waals surface area contributed by atoms with Gasteiger partial charge < -0.3 is 9.64 Å². The molecule has 0 bridgehead atoms. The lowest BCUT2D eigenvalue weighted by Crippen LogP contribution is -2.34. The van der Waals surface area contributed by atoms with E-state index in [1.165, 1.54) is 30.3 Å². The van der Waals surface area contributed by atoms with Gasteiger partial charge >= 0.3 is 0 Å². The van der Waals surface area contributed by atoms with E-state index < -0.39 is 10.0 Å². The van der Waals surface area contributed by atoms with Gasteiger partial charge in [-0.25, -0.2) is 8.42 Å². The SMILES string of the molecule is CCN(CC)C(=O)COc1ccc(NS(=O)(=O)c2cccc(Cl)c2)cc1Cl. The van der Waals surface area contributed by atoms with Gasteiger partial charge in [0.1, 0.15) is 5.75 Å². The molecule has 0 aliphatic carbocycles. The molecule has 0 radical (unpaired) electrons. The summed E-state index contributed by atoms with van der Waals surface area (Å²) in [6.07, 6.45) is 0. The van der Waals surface area contributed by atoms with Crippen molar-refractivity contribution in [3.8, 4) is 5.75 Å². The first-order valence-electron chi connectivity index (χ1n) is 8.25. The molecule has 0 spiro atoms. The summed E-state index contributed by atoms with van der Waals surface area (Å²) in [6, 6.07) is 10.4. The smallest absolute Gasteiger partial charge is 0.261 e. The molecule has 6 nitrogen and oxygen atoms in total. The third-order valence-corrected chi connectivity index (χ3v) is 5.67. The molecule has 0 aliphatic heterocycles. The largest absolute Gasteiger partial charge is 0.482 e. The monoisotopic (exact) mass is 430 g/mol. The summed E-state index contributed by atoms with van der Waals surface area (Å²) in [6.45, 7) is 4.81. The summed E-state index contributed by atoms with van der Waals surface area (Å²) in [5, 5.41) is 0.506. The Morgan fingerprint density at radius 2 is 1.81 bits per heavy atom. The van der Waals surface area contributed by atoms with Crippen LogP contribution in [0.25, 0.3) is 0 Å². The van der Waals surface area contributed by atoms with Crippen LogP contribution in [0.3, 0.4) is 0 Å². The molecule has 1 N–H and O–H groups in total. The fraction of sp³-hybridized carbons (Fsp3) is 0.278. The first-order valence-corrected chi connectivity index (χ1v) is 10.5. The van der Waals surface area contributed by atoms with Crippen LogP contribution in [-0.4, -0.2) is 38.9 Å². The summed E-state index contributed by atoms with van der Waals surface area (Å²) in [7, 11) is -3.80. The molecule has 0 heterocycles. The predicted molar refractivity (Wildman–Crippen MR) is 107 cm³/mol. The van der Waals surface area contributed by atoms with Gasteiger partial charge in [-0.3, -0.25) is 9.52 Å². The number of ether oxygens (including phenoxy) is 1. The predicted octanol–water partition coefficient (Wildman–Crippen LogP) is 4.04. The number of nitrogens with zero attached hydrogens (tertiary/aromatic N) is 1. The van der Waals surface area contributed by atoms with Gasteiger partial charge in [-0.1, -0.05) is 29.3 Å². The third kappa shape index (κ3) is 5.76. The minimum atomic E-state index is -3.80. The number of halogens is 2. The molecule has 0 saturated carbocycles. The van der Waals surface area contributed by atoms with Gasteiger partial charge in [-0.05, 0) is 50.2 Å². The zero-order valence-corrected chi connectivity index (χ0v) is 17.2. The molecular formula is C18H20Cl2N2O4S. The van der Waals surface area contributed by atoms with Crippen LogP contribution in [0.5, 0.6) is 5.75 Å². The molecule has 0 atom stereocenters. The molecule has 2 rings (SSSR count). The average Bonchev–Trinajstić information content (AvgIpc) is 2.62. The maximum absolute atomic E-state index is 12.4. The standard InChI is InChI=1S/C18H20Cl2N2O4S/c1-3-22(4-2)18(23)12-26-17-9-8-14(11-16(17)20)21-27(24,25)15-7-5-6-13(19)10-15/h5-11,21H,3-4,12H2,1-2H3. The van der Waals surface area contributed by atoms with E-state index in [4.69, 9.17) is 27.9 Å². The van der Waals surface area contributed by atoms with Gasteiger partial charge in [-0.2, -0.15) is 0 Å². The zero-order valence-electron chi connectivity index (χ0n) is 14.9. The molecule has 27 heavy (non-hydrogen) atoms. The maximum atomic E-state index is 12.4. The number of hydrogen-bond acceptors (Lipinski definition) is 4. The quantitative estimate of drug-likeness (QED) is 0.685. The number of rotatable bonds is 8. The lowest BCUT2D eigenvalue weighted by molar-refractivity contribution is -0.132. The second-order valence-electron chi connectivity index (χ2n) is 5.56. The molecule has 0 aromatic heterocycles. The van der Waals surface area contributed by atoms with E-state index in [2.05, 4.69) is 4.72 Å². The first kappa shape index (κ1) is 21.3. The molecule has 2 aromatic rings. The molecule has 0 saturated heterocycles. The molecule has 146 valence electrons. The van der Waals surface area contributed by atoms with Crippen LogP contribution >= 0.6 is 23.2 Å². The number of likely N-dealkylation sites (N-methyl/N-ethyl adjacent to an activating group) is 1. The summed E-state index contributed by atoms with van der Waals surface area (Å²) in [4.78, 5) is 13.7. The number of carbonyl (C=O) groups excluding carboxylic acids is 1. The van der Waals surface area contributed by atoms with E-state index in [1.807, 2.05) is 13.8 Å².